The summed E-state index contributed by atoms with van der Waals surface area (Å²) in [6.07, 6.45) is 3.99. The molecule has 2 nitrogen and oxygen atoms in total. The topological polar surface area (TPSA) is 15.6 Å². The maximum Gasteiger partial charge on any atom is 0.0406 e. The molecule has 0 saturated heterocycles. The summed E-state index contributed by atoms with van der Waals surface area (Å²) in [5, 5.41) is 0. The Labute approximate surface area is 133 Å². The molecule has 0 aliphatic rings. The molecular weight excluding hydrogens is 268 g/mol. The largest absolute Gasteiger partial charge is 0.381 e. The van der Waals surface area contributed by atoms with Gasteiger partial charge in [0.25, 0.3) is 0 Å². The van der Waals surface area contributed by atoms with Gasteiger partial charge >= 0.3 is 0 Å². The molecule has 0 spiro atoms. The number of nitrogens with zero attached hydrogens (tertiary/aromatic N) is 2. The second-order valence-corrected chi connectivity index (χ2v) is 5.57. The Balaban J connectivity index is 2.17. The van der Waals surface area contributed by atoms with Gasteiger partial charge < -0.3 is 4.90 Å². The summed E-state index contributed by atoms with van der Waals surface area (Å²) >= 11 is 0. The number of aliphatic imine (C=N–C) groups is 1. The molecule has 0 aromatic heterocycles. The highest BCUT2D eigenvalue weighted by Crippen LogP contribution is 2.12. The van der Waals surface area contributed by atoms with Crippen LogP contribution in [0, 0.1) is 0 Å². The lowest BCUT2D eigenvalue weighted by atomic mass is 10.0. The molecule has 0 bridgehead atoms. The van der Waals surface area contributed by atoms with Gasteiger partial charge in [-0.05, 0) is 17.2 Å². The van der Waals surface area contributed by atoms with Crippen LogP contribution in [0.2, 0.25) is 0 Å². The molecule has 0 amide bonds. The number of hydrogen-bond donors (Lipinski definition) is 0. The van der Waals surface area contributed by atoms with E-state index in [2.05, 4.69) is 84.7 Å². The molecular formula is C20H24N2. The summed E-state index contributed by atoms with van der Waals surface area (Å²) in [6.45, 7) is 0. The minimum atomic E-state index is 0.865. The summed E-state index contributed by atoms with van der Waals surface area (Å²) in [6, 6.07) is 21.0. The summed E-state index contributed by atoms with van der Waals surface area (Å²) in [7, 11) is 6.04. The van der Waals surface area contributed by atoms with Gasteiger partial charge in [-0.1, -0.05) is 60.7 Å². The minimum Gasteiger partial charge on any atom is -0.381 e. The van der Waals surface area contributed by atoms with Crippen molar-refractivity contribution in [3.05, 3.63) is 83.6 Å². The Morgan fingerprint density at radius 3 is 1.82 bits per heavy atom. The Morgan fingerprint density at radius 2 is 1.36 bits per heavy atom. The lowest BCUT2D eigenvalue weighted by Crippen LogP contribution is -2.15. The van der Waals surface area contributed by atoms with Crippen molar-refractivity contribution in [2.75, 3.05) is 21.1 Å². The van der Waals surface area contributed by atoms with Crippen molar-refractivity contribution in [2.24, 2.45) is 4.99 Å². The Bertz CT molecular complexity index is 625. The maximum absolute atomic E-state index is 4.46. The summed E-state index contributed by atoms with van der Waals surface area (Å²) < 4.78 is 0. The predicted molar refractivity (Wildman–Crippen MR) is 95.4 cm³/mol. The van der Waals surface area contributed by atoms with Crippen LogP contribution in [-0.2, 0) is 12.8 Å². The molecule has 0 saturated carbocycles. The molecule has 2 aromatic carbocycles. The summed E-state index contributed by atoms with van der Waals surface area (Å²) in [5.41, 5.74) is 4.98. The third-order valence-corrected chi connectivity index (χ3v) is 3.65. The first-order chi connectivity index (χ1) is 10.7. The minimum absolute atomic E-state index is 0.865. The van der Waals surface area contributed by atoms with Gasteiger partial charge in [0.1, 0.15) is 0 Å². The SMILES string of the molecule is CN=C(C=C(Cc1ccccc1)N(C)C)Cc1ccccc1. The number of likely N-dealkylation sites (N-methyl/N-ethyl adjacent to an activating group) is 1. The molecule has 0 atom stereocenters. The first-order valence-corrected chi connectivity index (χ1v) is 7.60. The van der Waals surface area contributed by atoms with E-state index in [4.69, 9.17) is 0 Å². The molecule has 2 heteroatoms. The van der Waals surface area contributed by atoms with Crippen molar-refractivity contribution in [1.82, 2.24) is 4.90 Å². The van der Waals surface area contributed by atoms with Crippen molar-refractivity contribution in [3.8, 4) is 0 Å². The number of rotatable bonds is 6. The average molecular weight is 292 g/mol. The van der Waals surface area contributed by atoms with Crippen LogP contribution in [0.4, 0.5) is 0 Å². The van der Waals surface area contributed by atoms with Crippen LogP contribution in [-0.4, -0.2) is 31.8 Å². The first-order valence-electron chi connectivity index (χ1n) is 7.60. The fraction of sp³-hybridized carbons (Fsp3) is 0.250. The first kappa shape index (κ1) is 16.0. The van der Waals surface area contributed by atoms with Crippen LogP contribution in [0.1, 0.15) is 11.1 Å². The molecule has 0 heterocycles. The van der Waals surface area contributed by atoms with Gasteiger partial charge in [-0.15, -0.1) is 0 Å². The quantitative estimate of drug-likeness (QED) is 0.735. The van der Waals surface area contributed by atoms with Gasteiger partial charge in [0, 0.05) is 45.4 Å². The zero-order chi connectivity index (χ0) is 15.8. The molecule has 22 heavy (non-hydrogen) atoms. The van der Waals surface area contributed by atoms with Gasteiger partial charge in [-0.2, -0.15) is 0 Å². The maximum atomic E-state index is 4.46. The molecule has 0 N–H and O–H groups in total. The van der Waals surface area contributed by atoms with Crippen molar-refractivity contribution >= 4 is 5.71 Å². The monoisotopic (exact) mass is 292 g/mol. The molecule has 0 unspecified atom stereocenters. The van der Waals surface area contributed by atoms with E-state index in [1.807, 2.05) is 13.1 Å². The number of allylic oxidation sites excluding steroid dienone is 2. The van der Waals surface area contributed by atoms with Crippen LogP contribution < -0.4 is 0 Å². The van der Waals surface area contributed by atoms with Crippen LogP contribution in [0.15, 0.2) is 77.4 Å². The summed E-state index contributed by atoms with van der Waals surface area (Å²) in [5.74, 6) is 0. The van der Waals surface area contributed by atoms with Gasteiger partial charge in [0.2, 0.25) is 0 Å². The van der Waals surface area contributed by atoms with Gasteiger partial charge in [0.05, 0.1) is 0 Å². The van der Waals surface area contributed by atoms with Gasteiger partial charge in [-0.25, -0.2) is 0 Å². The lowest BCUT2D eigenvalue weighted by Gasteiger charge is -2.18. The standard InChI is InChI=1S/C20H24N2/c1-21-19(14-17-10-6-4-7-11-17)16-20(22(2)3)15-18-12-8-5-9-13-18/h4-13,16H,14-15H2,1-3H3. The van der Waals surface area contributed by atoms with Crippen molar-refractivity contribution in [3.63, 3.8) is 0 Å². The molecule has 114 valence electrons. The van der Waals surface area contributed by atoms with E-state index < -0.39 is 0 Å². The van der Waals surface area contributed by atoms with Gasteiger partial charge in [-0.3, -0.25) is 4.99 Å². The second kappa shape index (κ2) is 8.18. The zero-order valence-corrected chi connectivity index (χ0v) is 13.7. The number of hydrogen-bond acceptors (Lipinski definition) is 2. The smallest absolute Gasteiger partial charge is 0.0406 e. The van der Waals surface area contributed by atoms with E-state index in [1.165, 1.54) is 16.8 Å². The zero-order valence-electron chi connectivity index (χ0n) is 13.7. The van der Waals surface area contributed by atoms with Crippen LogP contribution in [0.25, 0.3) is 0 Å². The van der Waals surface area contributed by atoms with Crippen molar-refractivity contribution < 1.29 is 0 Å². The molecule has 0 radical (unpaired) electrons. The summed E-state index contributed by atoms with van der Waals surface area (Å²) in [4.78, 5) is 6.63. The second-order valence-electron chi connectivity index (χ2n) is 5.57. The third kappa shape index (κ3) is 4.88. The van der Waals surface area contributed by atoms with Crippen molar-refractivity contribution in [2.45, 2.75) is 12.8 Å². The Kier molecular flexibility index (Phi) is 5.96. The van der Waals surface area contributed by atoms with Crippen LogP contribution in [0.5, 0.6) is 0 Å². The predicted octanol–water partition coefficient (Wildman–Crippen LogP) is 3.99. The lowest BCUT2D eigenvalue weighted by molar-refractivity contribution is 0.499. The normalized spacial score (nSPS) is 12.3. The van der Waals surface area contributed by atoms with E-state index in [0.29, 0.717) is 0 Å². The van der Waals surface area contributed by atoms with E-state index in [-0.39, 0.29) is 0 Å². The highest BCUT2D eigenvalue weighted by Gasteiger charge is 2.05. The van der Waals surface area contributed by atoms with E-state index in [9.17, 15) is 0 Å². The average Bonchev–Trinajstić information content (AvgIpc) is 2.55. The Morgan fingerprint density at radius 1 is 0.864 bits per heavy atom. The van der Waals surface area contributed by atoms with Crippen LogP contribution >= 0.6 is 0 Å². The molecule has 2 aromatic rings. The van der Waals surface area contributed by atoms with Crippen LogP contribution in [0.3, 0.4) is 0 Å². The third-order valence-electron chi connectivity index (χ3n) is 3.65. The Hall–Kier alpha value is -2.35. The highest BCUT2D eigenvalue weighted by atomic mass is 15.1. The molecule has 0 aliphatic heterocycles. The van der Waals surface area contributed by atoms with E-state index >= 15 is 0 Å². The fourth-order valence-corrected chi connectivity index (χ4v) is 2.34. The highest BCUT2D eigenvalue weighted by molar-refractivity contribution is 5.97. The van der Waals surface area contributed by atoms with E-state index in [0.717, 1.165) is 18.6 Å². The molecule has 2 rings (SSSR count). The van der Waals surface area contributed by atoms with Gasteiger partial charge in [0.15, 0.2) is 0 Å². The molecule has 0 fully saturated rings. The van der Waals surface area contributed by atoms with Crippen molar-refractivity contribution in [1.29, 1.82) is 0 Å². The molecule has 0 aliphatic carbocycles. The fourth-order valence-electron chi connectivity index (χ4n) is 2.34. The van der Waals surface area contributed by atoms with E-state index in [1.54, 1.807) is 0 Å². The number of benzene rings is 2.